The molecule has 1 N–H and O–H groups in total. The van der Waals surface area contributed by atoms with E-state index >= 15 is 0 Å². The number of nitrogens with zero attached hydrogens (tertiary/aromatic N) is 1. The largest absolute Gasteiger partial charge is 0.393 e. The van der Waals surface area contributed by atoms with Gasteiger partial charge in [0.25, 0.3) is 5.91 Å². The van der Waals surface area contributed by atoms with Crippen molar-refractivity contribution in [1.29, 1.82) is 0 Å². The fourth-order valence-corrected chi connectivity index (χ4v) is 2.68. The standard InChI is InChI=1S/C21H25NO3/c1-14-9-10-15(2)19(13-14)20(24)17-7-5-6-8-18(17)21(25)22(4)12-11-16(3)23/h5-10,13,16,23H,11-12H2,1-4H3. The van der Waals surface area contributed by atoms with Gasteiger partial charge in [-0.2, -0.15) is 0 Å². The molecule has 0 spiro atoms. The average molecular weight is 339 g/mol. The van der Waals surface area contributed by atoms with Crippen LogP contribution in [0.25, 0.3) is 0 Å². The maximum absolute atomic E-state index is 13.0. The Morgan fingerprint density at radius 1 is 1.04 bits per heavy atom. The lowest BCUT2D eigenvalue weighted by atomic mass is 9.94. The molecule has 0 fully saturated rings. The molecule has 2 rings (SSSR count). The fraction of sp³-hybridized carbons (Fsp3) is 0.333. The minimum atomic E-state index is -0.470. The first kappa shape index (κ1) is 18.9. The SMILES string of the molecule is Cc1ccc(C)c(C(=O)c2ccccc2C(=O)N(C)CCC(C)O)c1. The van der Waals surface area contributed by atoms with Crippen LogP contribution < -0.4 is 0 Å². The number of aliphatic hydroxyl groups excluding tert-OH is 1. The van der Waals surface area contributed by atoms with E-state index in [9.17, 15) is 14.7 Å². The van der Waals surface area contributed by atoms with Gasteiger partial charge < -0.3 is 10.0 Å². The first-order valence-corrected chi connectivity index (χ1v) is 8.45. The molecule has 0 heterocycles. The second kappa shape index (κ2) is 8.08. The van der Waals surface area contributed by atoms with E-state index in [0.29, 0.717) is 29.7 Å². The van der Waals surface area contributed by atoms with Gasteiger partial charge in [0.05, 0.1) is 11.7 Å². The van der Waals surface area contributed by atoms with Gasteiger partial charge in [0.1, 0.15) is 0 Å². The highest BCUT2D eigenvalue weighted by molar-refractivity contribution is 6.15. The summed E-state index contributed by atoms with van der Waals surface area (Å²) in [5.41, 5.74) is 3.31. The first-order chi connectivity index (χ1) is 11.8. The molecule has 1 unspecified atom stereocenters. The minimum absolute atomic E-state index is 0.144. The normalized spacial score (nSPS) is 11.9. The molecule has 0 bridgehead atoms. The molecule has 0 aromatic heterocycles. The zero-order chi connectivity index (χ0) is 18.6. The number of hydrogen-bond acceptors (Lipinski definition) is 3. The third-order valence-electron chi connectivity index (χ3n) is 4.27. The van der Waals surface area contributed by atoms with Crippen molar-refractivity contribution < 1.29 is 14.7 Å². The molecule has 25 heavy (non-hydrogen) atoms. The van der Waals surface area contributed by atoms with Crippen molar-refractivity contribution in [2.45, 2.75) is 33.3 Å². The zero-order valence-electron chi connectivity index (χ0n) is 15.2. The number of aliphatic hydroxyl groups is 1. The lowest BCUT2D eigenvalue weighted by Gasteiger charge is -2.19. The average Bonchev–Trinajstić information content (AvgIpc) is 2.60. The van der Waals surface area contributed by atoms with Crippen molar-refractivity contribution in [3.05, 3.63) is 70.3 Å². The molecule has 1 amide bonds. The second-order valence-corrected chi connectivity index (χ2v) is 6.56. The van der Waals surface area contributed by atoms with Crippen LogP contribution in [0.3, 0.4) is 0 Å². The highest BCUT2D eigenvalue weighted by atomic mass is 16.3. The molecule has 0 aliphatic rings. The molecular formula is C21H25NO3. The molecule has 2 aromatic rings. The molecule has 132 valence electrons. The molecule has 4 nitrogen and oxygen atoms in total. The van der Waals surface area contributed by atoms with Gasteiger partial charge in [0.2, 0.25) is 0 Å². The van der Waals surface area contributed by atoms with E-state index in [-0.39, 0.29) is 11.7 Å². The van der Waals surface area contributed by atoms with Crippen LogP contribution in [-0.4, -0.2) is 41.4 Å². The van der Waals surface area contributed by atoms with Gasteiger partial charge in [0, 0.05) is 24.7 Å². The van der Waals surface area contributed by atoms with Crippen molar-refractivity contribution >= 4 is 11.7 Å². The van der Waals surface area contributed by atoms with Crippen molar-refractivity contribution in [2.24, 2.45) is 0 Å². The second-order valence-electron chi connectivity index (χ2n) is 6.56. The van der Waals surface area contributed by atoms with Gasteiger partial charge in [-0.05, 0) is 44.9 Å². The predicted octanol–water partition coefficient (Wildman–Crippen LogP) is 3.38. The van der Waals surface area contributed by atoms with E-state index in [1.807, 2.05) is 32.0 Å². The fourth-order valence-electron chi connectivity index (χ4n) is 2.68. The smallest absolute Gasteiger partial charge is 0.254 e. The molecule has 0 saturated heterocycles. The molecule has 1 atom stereocenters. The van der Waals surface area contributed by atoms with Crippen LogP contribution in [0.1, 0.15) is 50.8 Å². The van der Waals surface area contributed by atoms with Gasteiger partial charge in [-0.3, -0.25) is 9.59 Å². The Hall–Kier alpha value is -2.46. The topological polar surface area (TPSA) is 57.6 Å². The number of hydrogen-bond donors (Lipinski definition) is 1. The Bertz CT molecular complexity index is 780. The number of rotatable bonds is 6. The van der Waals surface area contributed by atoms with Crippen LogP contribution in [-0.2, 0) is 0 Å². The predicted molar refractivity (Wildman–Crippen MR) is 99.0 cm³/mol. The van der Waals surface area contributed by atoms with Crippen molar-refractivity contribution in [3.63, 3.8) is 0 Å². The number of ketones is 1. The van der Waals surface area contributed by atoms with Crippen LogP contribution in [0.5, 0.6) is 0 Å². The summed E-state index contributed by atoms with van der Waals surface area (Å²) >= 11 is 0. The van der Waals surface area contributed by atoms with Crippen LogP contribution in [0.2, 0.25) is 0 Å². The van der Waals surface area contributed by atoms with Gasteiger partial charge >= 0.3 is 0 Å². The van der Waals surface area contributed by atoms with E-state index < -0.39 is 6.10 Å². The first-order valence-electron chi connectivity index (χ1n) is 8.45. The van der Waals surface area contributed by atoms with Crippen LogP contribution >= 0.6 is 0 Å². The molecule has 0 radical (unpaired) electrons. The highest BCUT2D eigenvalue weighted by Gasteiger charge is 2.21. The molecule has 0 aliphatic heterocycles. The Labute approximate surface area is 149 Å². The van der Waals surface area contributed by atoms with Crippen molar-refractivity contribution in [1.82, 2.24) is 4.90 Å². The molecule has 0 saturated carbocycles. The zero-order valence-corrected chi connectivity index (χ0v) is 15.2. The summed E-state index contributed by atoms with van der Waals surface area (Å²) in [4.78, 5) is 27.3. The molecule has 0 aliphatic carbocycles. The number of aryl methyl sites for hydroxylation is 2. The Balaban J connectivity index is 2.36. The van der Waals surface area contributed by atoms with Crippen molar-refractivity contribution in [2.75, 3.05) is 13.6 Å². The quantitative estimate of drug-likeness (QED) is 0.821. The number of carbonyl (C=O) groups is 2. The minimum Gasteiger partial charge on any atom is -0.393 e. The third-order valence-corrected chi connectivity index (χ3v) is 4.27. The summed E-state index contributed by atoms with van der Waals surface area (Å²) in [5, 5.41) is 9.41. The van der Waals surface area contributed by atoms with E-state index in [0.717, 1.165) is 11.1 Å². The van der Waals surface area contributed by atoms with E-state index in [1.54, 1.807) is 43.1 Å². The molecular weight excluding hydrogens is 314 g/mol. The van der Waals surface area contributed by atoms with Crippen molar-refractivity contribution in [3.8, 4) is 0 Å². The van der Waals surface area contributed by atoms with E-state index in [2.05, 4.69) is 0 Å². The molecule has 4 heteroatoms. The summed E-state index contributed by atoms with van der Waals surface area (Å²) in [5.74, 6) is -0.357. The van der Waals surface area contributed by atoms with Crippen LogP contribution in [0.4, 0.5) is 0 Å². The van der Waals surface area contributed by atoms with E-state index in [4.69, 9.17) is 0 Å². The summed E-state index contributed by atoms with van der Waals surface area (Å²) < 4.78 is 0. The van der Waals surface area contributed by atoms with Gasteiger partial charge in [-0.1, -0.05) is 35.9 Å². The summed E-state index contributed by atoms with van der Waals surface area (Å²) in [6, 6.07) is 12.6. The Morgan fingerprint density at radius 2 is 1.68 bits per heavy atom. The van der Waals surface area contributed by atoms with E-state index in [1.165, 1.54) is 0 Å². The molecule has 2 aromatic carbocycles. The lowest BCUT2D eigenvalue weighted by molar-refractivity contribution is 0.0764. The number of benzene rings is 2. The Morgan fingerprint density at radius 3 is 2.32 bits per heavy atom. The van der Waals surface area contributed by atoms with Gasteiger partial charge in [-0.25, -0.2) is 0 Å². The van der Waals surface area contributed by atoms with Crippen LogP contribution in [0, 0.1) is 13.8 Å². The van der Waals surface area contributed by atoms with Gasteiger partial charge in [-0.15, -0.1) is 0 Å². The lowest BCUT2D eigenvalue weighted by Crippen LogP contribution is -2.30. The summed E-state index contributed by atoms with van der Waals surface area (Å²) in [6.07, 6.45) is 0.0251. The maximum atomic E-state index is 13.0. The maximum Gasteiger partial charge on any atom is 0.254 e. The van der Waals surface area contributed by atoms with Crippen LogP contribution in [0.15, 0.2) is 42.5 Å². The third kappa shape index (κ3) is 4.54. The number of amides is 1. The number of carbonyl (C=O) groups excluding carboxylic acids is 2. The van der Waals surface area contributed by atoms with Gasteiger partial charge in [0.15, 0.2) is 5.78 Å². The Kier molecular flexibility index (Phi) is 6.10. The highest BCUT2D eigenvalue weighted by Crippen LogP contribution is 2.20. The summed E-state index contributed by atoms with van der Waals surface area (Å²) in [6.45, 7) is 5.96. The monoisotopic (exact) mass is 339 g/mol. The summed E-state index contributed by atoms with van der Waals surface area (Å²) in [7, 11) is 1.68.